The van der Waals surface area contributed by atoms with E-state index in [1.54, 1.807) is 0 Å². The van der Waals surface area contributed by atoms with Crippen LogP contribution in [0.25, 0.3) is 33.2 Å². The Morgan fingerprint density at radius 1 is 0.833 bits per heavy atom. The average molecular weight is 830 g/mol. The van der Waals surface area contributed by atoms with Crippen LogP contribution in [-0.4, -0.2) is 23.9 Å². The number of rotatable bonds is 8. The van der Waals surface area contributed by atoms with Crippen LogP contribution in [0.2, 0.25) is 13.1 Å². The first-order valence-electron chi connectivity index (χ1n) is 17.1. The zero-order valence-corrected chi connectivity index (χ0v) is 32.2. The number of para-hydroxylation sites is 1. The molecule has 2 aliphatic heterocycles. The molecule has 1 N–H and O–H groups in total. The van der Waals surface area contributed by atoms with Gasteiger partial charge in [-0.3, -0.25) is 4.79 Å². The fraction of sp³-hybridized carbons (Fsp3) is 0.286. The van der Waals surface area contributed by atoms with Crippen molar-refractivity contribution in [3.63, 3.8) is 0 Å². The van der Waals surface area contributed by atoms with E-state index in [2.05, 4.69) is 109 Å². The van der Waals surface area contributed by atoms with Gasteiger partial charge in [0, 0.05) is 72.4 Å². The Hall–Kier alpha value is -3.83. The molecule has 1 radical (unpaired) electrons. The number of ketones is 1. The molecule has 0 atom stereocenters. The predicted molar refractivity (Wildman–Crippen MR) is 200 cm³/mol. The van der Waals surface area contributed by atoms with E-state index in [9.17, 15) is 9.90 Å². The Morgan fingerprint density at radius 2 is 1.48 bits per heavy atom. The van der Waals surface area contributed by atoms with E-state index in [0.29, 0.717) is 0 Å². The van der Waals surface area contributed by atoms with Gasteiger partial charge >= 0.3 is 0 Å². The van der Waals surface area contributed by atoms with Crippen LogP contribution in [0.3, 0.4) is 0 Å². The van der Waals surface area contributed by atoms with Gasteiger partial charge in [-0.25, -0.2) is 0 Å². The number of nitrogens with zero attached hydrogens (tertiary/aromatic N) is 2. The first-order valence-corrected chi connectivity index (χ1v) is 20.1. The summed E-state index contributed by atoms with van der Waals surface area (Å²) in [6, 6.07) is 34.1. The fourth-order valence-electron chi connectivity index (χ4n) is 7.42. The number of hydrogen-bond acceptors (Lipinski definition) is 4. The van der Waals surface area contributed by atoms with Crippen molar-refractivity contribution in [1.29, 1.82) is 0 Å². The van der Waals surface area contributed by atoms with Crippen LogP contribution in [0.5, 0.6) is 0 Å². The number of anilines is 3. The number of aliphatic hydroxyl groups is 1. The molecule has 2 aliphatic rings. The SMILES string of the molecule is CCC(CC)C(=O)/C=C(\O)C(CC)CC.C[Si]1(C)c2cc[c-]c3c2-c2c(cccc21)N(c1ccccc1)c1c-3ncc2ccccc12.[Ir]. The third-order valence-corrected chi connectivity index (χ3v) is 13.7. The maximum atomic E-state index is 11.7. The molecule has 5 aromatic rings. The van der Waals surface area contributed by atoms with Crippen molar-refractivity contribution in [2.75, 3.05) is 4.90 Å². The van der Waals surface area contributed by atoms with Gasteiger partial charge in [0.25, 0.3) is 0 Å². The predicted octanol–water partition coefficient (Wildman–Crippen LogP) is 10.2. The minimum atomic E-state index is -1.81. The van der Waals surface area contributed by atoms with Crippen molar-refractivity contribution in [3.8, 4) is 22.4 Å². The molecule has 4 nitrogen and oxygen atoms in total. The summed E-state index contributed by atoms with van der Waals surface area (Å²) in [7, 11) is -1.81. The molecule has 0 saturated carbocycles. The first-order chi connectivity index (χ1) is 22.8. The van der Waals surface area contributed by atoms with Crippen LogP contribution in [-0.2, 0) is 24.9 Å². The number of aliphatic hydroxyl groups excluding tert-OH is 1. The van der Waals surface area contributed by atoms with Crippen LogP contribution in [0.1, 0.15) is 53.4 Å². The van der Waals surface area contributed by atoms with E-state index in [4.69, 9.17) is 4.98 Å². The summed E-state index contributed by atoms with van der Waals surface area (Å²) in [6.07, 6.45) is 6.92. The fourth-order valence-corrected chi connectivity index (χ4v) is 10.5. The average Bonchev–Trinajstić information content (AvgIpc) is 3.25. The molecule has 249 valence electrons. The normalized spacial score (nSPS) is 13.8. The van der Waals surface area contributed by atoms with Gasteiger partial charge in [-0.05, 0) is 54.8 Å². The summed E-state index contributed by atoms with van der Waals surface area (Å²) in [5.74, 6) is 0.547. The standard InChI is InChI=1S/C29H21N2Si.C13H24O2.Ir/c1-32(2)24-16-8-14-22-26(24)27-23(15-9-17-25(27)32)31(20-11-4-3-5-12-20)29-21-13-7-6-10-19(21)18-30-28(22)29;1-5-10(6-2)12(14)9-13(15)11(7-3)8-4;/h3-13,15-18H,1-2H3;9-11,14H,5-8H2,1-4H3;/q-1;;/b;12-9-;. The molecule has 6 heteroatoms. The summed E-state index contributed by atoms with van der Waals surface area (Å²) >= 11 is 0. The molecular formula is C42H45IrN2O2Si-. The van der Waals surface area contributed by atoms with Gasteiger partial charge < -0.3 is 15.0 Å². The molecule has 0 saturated heterocycles. The van der Waals surface area contributed by atoms with Gasteiger partial charge in [0.05, 0.1) is 13.8 Å². The molecule has 0 spiro atoms. The van der Waals surface area contributed by atoms with E-state index in [1.165, 1.54) is 38.6 Å². The van der Waals surface area contributed by atoms with Crippen LogP contribution >= 0.6 is 0 Å². The molecule has 7 rings (SSSR count). The van der Waals surface area contributed by atoms with E-state index >= 15 is 0 Å². The summed E-state index contributed by atoms with van der Waals surface area (Å²) in [6.45, 7) is 13.0. The molecule has 0 fully saturated rings. The summed E-state index contributed by atoms with van der Waals surface area (Å²) in [5.41, 5.74) is 8.40. The van der Waals surface area contributed by atoms with Crippen molar-refractivity contribution < 1.29 is 30.0 Å². The van der Waals surface area contributed by atoms with Crippen molar-refractivity contribution >= 4 is 52.1 Å². The molecule has 0 amide bonds. The summed E-state index contributed by atoms with van der Waals surface area (Å²) < 4.78 is 0. The molecule has 0 bridgehead atoms. The van der Waals surface area contributed by atoms with Gasteiger partial charge in [0.15, 0.2) is 5.78 Å². The maximum Gasteiger partial charge on any atom is 0.162 e. The zero-order valence-electron chi connectivity index (χ0n) is 28.8. The summed E-state index contributed by atoms with van der Waals surface area (Å²) in [4.78, 5) is 19.2. The Kier molecular flexibility index (Phi) is 10.9. The number of allylic oxidation sites excluding steroid dienone is 2. The number of hydrogen-bond donors (Lipinski definition) is 1. The van der Waals surface area contributed by atoms with Crippen LogP contribution in [0, 0.1) is 17.9 Å². The van der Waals surface area contributed by atoms with Gasteiger partial charge in [-0.1, -0.05) is 106 Å². The van der Waals surface area contributed by atoms with Gasteiger partial charge in [-0.2, -0.15) is 0 Å². The van der Waals surface area contributed by atoms with Gasteiger partial charge in [-0.15, -0.1) is 28.9 Å². The summed E-state index contributed by atoms with van der Waals surface area (Å²) in [5, 5.41) is 15.1. The van der Waals surface area contributed by atoms with Crippen molar-refractivity contribution in [2.45, 2.75) is 66.5 Å². The Balaban J connectivity index is 0.000000243. The Bertz CT molecular complexity index is 1960. The number of pyridine rings is 1. The van der Waals surface area contributed by atoms with Crippen molar-refractivity contribution in [1.82, 2.24) is 4.98 Å². The second-order valence-corrected chi connectivity index (χ2v) is 17.5. The topological polar surface area (TPSA) is 53.4 Å². The molecule has 48 heavy (non-hydrogen) atoms. The Labute approximate surface area is 300 Å². The monoisotopic (exact) mass is 830 g/mol. The molecule has 4 aromatic carbocycles. The van der Waals surface area contributed by atoms with E-state index < -0.39 is 8.07 Å². The third kappa shape index (κ3) is 6.11. The molecule has 0 unspecified atom stereocenters. The first kappa shape index (κ1) is 35.5. The van der Waals surface area contributed by atoms with Crippen molar-refractivity contribution in [2.24, 2.45) is 11.8 Å². The molecular weight excluding hydrogens is 785 g/mol. The van der Waals surface area contributed by atoms with Crippen molar-refractivity contribution in [3.05, 3.63) is 109 Å². The van der Waals surface area contributed by atoms with Crippen LogP contribution in [0.4, 0.5) is 17.1 Å². The van der Waals surface area contributed by atoms with E-state index in [0.717, 1.165) is 53.7 Å². The smallest absolute Gasteiger partial charge is 0.162 e. The number of carbonyl (C=O) groups is 1. The number of carbonyl (C=O) groups excluding carboxylic acids is 1. The number of benzene rings is 4. The van der Waals surface area contributed by atoms with Gasteiger partial charge in [0.1, 0.15) is 0 Å². The van der Waals surface area contributed by atoms with Gasteiger partial charge in [0.2, 0.25) is 0 Å². The minimum absolute atomic E-state index is 0. The van der Waals surface area contributed by atoms with Crippen LogP contribution in [0.15, 0.2) is 103 Å². The third-order valence-electron chi connectivity index (χ3n) is 10.2. The van der Waals surface area contributed by atoms with Crippen LogP contribution < -0.4 is 15.3 Å². The van der Waals surface area contributed by atoms with E-state index in [1.807, 2.05) is 33.9 Å². The minimum Gasteiger partial charge on any atom is -0.512 e. The second-order valence-electron chi connectivity index (χ2n) is 13.2. The van der Waals surface area contributed by atoms with E-state index in [-0.39, 0.29) is 43.5 Å². The number of aromatic nitrogens is 1. The number of fused-ring (bicyclic) bond motifs is 4. The molecule has 3 heterocycles. The molecule has 0 aliphatic carbocycles. The molecule has 1 aromatic heterocycles. The second kappa shape index (κ2) is 14.7. The maximum absolute atomic E-state index is 11.7. The zero-order chi connectivity index (χ0) is 33.3. The Morgan fingerprint density at radius 3 is 2.17 bits per heavy atom. The largest absolute Gasteiger partial charge is 0.512 e. The quantitative estimate of drug-likeness (QED) is 0.0719.